The van der Waals surface area contributed by atoms with Gasteiger partial charge in [0, 0.05) is 19.3 Å². The lowest BCUT2D eigenvalue weighted by atomic mass is 10.1. The third kappa shape index (κ3) is 3.86. The van der Waals surface area contributed by atoms with Crippen molar-refractivity contribution in [3.63, 3.8) is 0 Å². The van der Waals surface area contributed by atoms with E-state index in [0.717, 1.165) is 5.56 Å². The molecule has 0 radical (unpaired) electrons. The first-order valence-electron chi connectivity index (χ1n) is 6.92. The molecule has 1 aromatic heterocycles. The lowest BCUT2D eigenvalue weighted by molar-refractivity contribution is 0.0757. The molecule has 0 aliphatic heterocycles. The largest absolute Gasteiger partial charge is 0.366 e. The summed E-state index contributed by atoms with van der Waals surface area (Å²) in [6.45, 7) is 4.37. The maximum atomic E-state index is 12.5. The minimum absolute atomic E-state index is 0.255. The molecule has 0 bridgehead atoms. The van der Waals surface area contributed by atoms with Crippen LogP contribution >= 0.6 is 0 Å². The summed E-state index contributed by atoms with van der Waals surface area (Å²) < 4.78 is 0. The number of rotatable bonds is 6. The number of nitrogens with two attached hydrogens (primary N) is 1. The minimum Gasteiger partial charge on any atom is -0.366 e. The number of primary amides is 1. The van der Waals surface area contributed by atoms with E-state index >= 15 is 0 Å². The van der Waals surface area contributed by atoms with Crippen LogP contribution in [0.2, 0.25) is 0 Å². The van der Waals surface area contributed by atoms with E-state index in [4.69, 9.17) is 11.0 Å². The average Bonchev–Trinajstić information content (AvgIpc) is 3.05. The second kappa shape index (κ2) is 7.09. The molecule has 1 aromatic carbocycles. The van der Waals surface area contributed by atoms with Crippen molar-refractivity contribution >= 4 is 11.8 Å². The van der Waals surface area contributed by atoms with E-state index in [1.54, 1.807) is 35.2 Å². The van der Waals surface area contributed by atoms with E-state index in [9.17, 15) is 9.59 Å². The fourth-order valence-electron chi connectivity index (χ4n) is 2.11. The highest BCUT2D eigenvalue weighted by molar-refractivity contribution is 5.98. The second-order valence-electron chi connectivity index (χ2n) is 4.95. The average molecular weight is 308 g/mol. The number of benzene rings is 1. The molecule has 3 N–H and O–H groups in total. The van der Waals surface area contributed by atoms with Crippen molar-refractivity contribution in [1.29, 1.82) is 5.26 Å². The number of H-pyrrole nitrogens is 1. The van der Waals surface area contributed by atoms with Gasteiger partial charge in [-0.1, -0.05) is 18.2 Å². The van der Waals surface area contributed by atoms with Gasteiger partial charge in [-0.15, -0.1) is 6.58 Å². The molecule has 6 heteroatoms. The Hall–Kier alpha value is -3.33. The molecule has 2 rings (SSSR count). The predicted octanol–water partition coefficient (Wildman–Crippen LogP) is 1.81. The van der Waals surface area contributed by atoms with Crippen molar-refractivity contribution in [2.24, 2.45) is 5.73 Å². The number of aromatic nitrogens is 1. The van der Waals surface area contributed by atoms with Gasteiger partial charge in [0.15, 0.2) is 0 Å². The molecule has 23 heavy (non-hydrogen) atoms. The molecular formula is C17H16N4O2. The SMILES string of the molecule is C=CCN(Cc1ccc(C#N)cc1)C(=O)c1cc(C(N)=O)c[nH]1. The summed E-state index contributed by atoms with van der Waals surface area (Å²) >= 11 is 0. The molecule has 6 nitrogen and oxygen atoms in total. The number of hydrogen-bond donors (Lipinski definition) is 2. The molecule has 0 unspecified atom stereocenters. The summed E-state index contributed by atoms with van der Waals surface area (Å²) in [4.78, 5) is 28.0. The van der Waals surface area contributed by atoms with E-state index in [-0.39, 0.29) is 17.2 Å². The third-order valence-corrected chi connectivity index (χ3v) is 3.29. The fraction of sp³-hybridized carbons (Fsp3) is 0.118. The summed E-state index contributed by atoms with van der Waals surface area (Å²) in [5.41, 5.74) is 7.18. The van der Waals surface area contributed by atoms with Crippen molar-refractivity contribution in [2.45, 2.75) is 6.54 Å². The Bertz CT molecular complexity index is 769. The van der Waals surface area contributed by atoms with Crippen LogP contribution in [0.15, 0.2) is 49.2 Å². The van der Waals surface area contributed by atoms with Crippen LogP contribution in [-0.2, 0) is 6.54 Å². The Labute approximate surface area is 133 Å². The van der Waals surface area contributed by atoms with Crippen molar-refractivity contribution in [3.8, 4) is 6.07 Å². The standard InChI is InChI=1S/C17H16N4O2/c1-2-7-21(11-13-5-3-12(9-18)4-6-13)17(23)15-8-14(10-20-15)16(19)22/h2-6,8,10,20H,1,7,11H2,(H2,19,22). The molecule has 0 saturated carbocycles. The number of aromatic amines is 1. The number of carbonyl (C=O) groups is 2. The maximum absolute atomic E-state index is 12.5. The van der Waals surface area contributed by atoms with Crippen LogP contribution in [0.1, 0.15) is 32.0 Å². The molecule has 116 valence electrons. The quantitative estimate of drug-likeness (QED) is 0.795. The molecule has 0 atom stereocenters. The van der Waals surface area contributed by atoms with Crippen LogP contribution in [0.5, 0.6) is 0 Å². The van der Waals surface area contributed by atoms with Crippen molar-refractivity contribution in [1.82, 2.24) is 9.88 Å². The van der Waals surface area contributed by atoms with Crippen molar-refractivity contribution < 1.29 is 9.59 Å². The summed E-state index contributed by atoms with van der Waals surface area (Å²) in [7, 11) is 0. The fourth-order valence-corrected chi connectivity index (χ4v) is 2.11. The zero-order valence-corrected chi connectivity index (χ0v) is 12.5. The summed E-state index contributed by atoms with van der Waals surface area (Å²) in [5.74, 6) is -0.857. The Balaban J connectivity index is 2.18. The number of nitrogens with one attached hydrogen (secondary N) is 1. The van der Waals surface area contributed by atoms with E-state index in [1.807, 2.05) is 6.07 Å². The molecule has 0 spiro atoms. The van der Waals surface area contributed by atoms with Crippen LogP contribution in [0.4, 0.5) is 0 Å². The lowest BCUT2D eigenvalue weighted by Gasteiger charge is -2.20. The van der Waals surface area contributed by atoms with Gasteiger partial charge in [-0.3, -0.25) is 9.59 Å². The highest BCUT2D eigenvalue weighted by Crippen LogP contribution is 2.12. The topological polar surface area (TPSA) is 103 Å². The van der Waals surface area contributed by atoms with E-state index in [0.29, 0.717) is 18.7 Å². The molecule has 2 aromatic rings. The van der Waals surface area contributed by atoms with Gasteiger partial charge in [0.1, 0.15) is 5.69 Å². The molecule has 0 saturated heterocycles. The molecule has 0 aliphatic rings. The molecule has 1 heterocycles. The molecular weight excluding hydrogens is 292 g/mol. The van der Waals surface area contributed by atoms with E-state index < -0.39 is 5.91 Å². The Morgan fingerprint density at radius 1 is 1.35 bits per heavy atom. The summed E-state index contributed by atoms with van der Waals surface area (Å²) in [6.07, 6.45) is 3.03. The van der Waals surface area contributed by atoms with E-state index in [2.05, 4.69) is 11.6 Å². The van der Waals surface area contributed by atoms with Crippen molar-refractivity contribution in [2.75, 3.05) is 6.54 Å². The maximum Gasteiger partial charge on any atom is 0.270 e. The number of nitrogens with zero attached hydrogens (tertiary/aromatic N) is 2. The number of carbonyl (C=O) groups excluding carboxylic acids is 2. The van der Waals surface area contributed by atoms with Crippen molar-refractivity contribution in [3.05, 3.63) is 71.6 Å². The molecule has 0 fully saturated rings. The van der Waals surface area contributed by atoms with Gasteiger partial charge in [0.25, 0.3) is 5.91 Å². The normalized spacial score (nSPS) is 9.87. The van der Waals surface area contributed by atoms with Crippen LogP contribution in [0.25, 0.3) is 0 Å². The second-order valence-corrected chi connectivity index (χ2v) is 4.95. The van der Waals surface area contributed by atoms with Gasteiger partial charge in [0.05, 0.1) is 17.2 Å². The van der Waals surface area contributed by atoms with Gasteiger partial charge in [0.2, 0.25) is 5.91 Å². The number of amides is 2. The molecule has 0 aliphatic carbocycles. The van der Waals surface area contributed by atoms with Gasteiger partial charge in [-0.25, -0.2) is 0 Å². The monoisotopic (exact) mass is 308 g/mol. The summed E-state index contributed by atoms with van der Waals surface area (Å²) in [5, 5.41) is 8.81. The zero-order chi connectivity index (χ0) is 16.8. The Kier molecular flexibility index (Phi) is 4.95. The van der Waals surface area contributed by atoms with Gasteiger partial charge < -0.3 is 15.6 Å². The third-order valence-electron chi connectivity index (χ3n) is 3.29. The Morgan fingerprint density at radius 2 is 2.04 bits per heavy atom. The zero-order valence-electron chi connectivity index (χ0n) is 12.5. The first kappa shape index (κ1) is 16.0. The van der Waals surface area contributed by atoms with Crippen LogP contribution in [0, 0.1) is 11.3 Å². The van der Waals surface area contributed by atoms with Gasteiger partial charge in [-0.2, -0.15) is 5.26 Å². The Morgan fingerprint density at radius 3 is 2.57 bits per heavy atom. The molecule has 2 amide bonds. The first-order chi connectivity index (χ1) is 11.0. The highest BCUT2D eigenvalue weighted by Gasteiger charge is 2.18. The van der Waals surface area contributed by atoms with Gasteiger partial charge >= 0.3 is 0 Å². The summed E-state index contributed by atoms with van der Waals surface area (Å²) in [6, 6.07) is 10.5. The highest BCUT2D eigenvalue weighted by atomic mass is 16.2. The number of nitriles is 1. The van der Waals surface area contributed by atoms with E-state index in [1.165, 1.54) is 12.3 Å². The predicted molar refractivity (Wildman–Crippen MR) is 85.4 cm³/mol. The van der Waals surface area contributed by atoms with Crippen LogP contribution < -0.4 is 5.73 Å². The minimum atomic E-state index is -0.595. The van der Waals surface area contributed by atoms with Gasteiger partial charge in [-0.05, 0) is 23.8 Å². The smallest absolute Gasteiger partial charge is 0.270 e. The first-order valence-corrected chi connectivity index (χ1v) is 6.92. The number of hydrogen-bond acceptors (Lipinski definition) is 3. The van der Waals surface area contributed by atoms with Crippen LogP contribution in [0.3, 0.4) is 0 Å². The lowest BCUT2D eigenvalue weighted by Crippen LogP contribution is -2.31. The van der Waals surface area contributed by atoms with Crippen LogP contribution in [-0.4, -0.2) is 28.2 Å².